The molecule has 1 aromatic carbocycles. The van der Waals surface area contributed by atoms with E-state index in [0.717, 1.165) is 5.39 Å². The molecule has 3 aromatic rings. The topological polar surface area (TPSA) is 50.7 Å². The van der Waals surface area contributed by atoms with Crippen molar-refractivity contribution < 1.29 is 4.39 Å². The number of rotatable bonds is 4. The first-order valence-corrected chi connectivity index (χ1v) is 6.85. The first-order chi connectivity index (χ1) is 10.2. The minimum absolute atomic E-state index is 0.247. The van der Waals surface area contributed by atoms with Gasteiger partial charge in [-0.05, 0) is 24.1 Å². The molecule has 0 saturated heterocycles. The van der Waals surface area contributed by atoms with E-state index in [0.29, 0.717) is 35.0 Å². The van der Waals surface area contributed by atoms with Crippen LogP contribution in [0.5, 0.6) is 0 Å². The van der Waals surface area contributed by atoms with Gasteiger partial charge in [-0.25, -0.2) is 14.4 Å². The van der Waals surface area contributed by atoms with Gasteiger partial charge in [-0.2, -0.15) is 0 Å². The van der Waals surface area contributed by atoms with E-state index in [2.05, 4.69) is 20.3 Å². The molecule has 0 fully saturated rings. The molecule has 2 heterocycles. The molecule has 0 aliphatic carbocycles. The molecule has 0 spiro atoms. The average Bonchev–Trinajstić information content (AvgIpc) is 2.48. The first-order valence-electron chi connectivity index (χ1n) is 6.47. The molecule has 0 radical (unpaired) electrons. The number of benzene rings is 1. The van der Waals surface area contributed by atoms with Gasteiger partial charge in [0.2, 0.25) is 0 Å². The second-order valence-corrected chi connectivity index (χ2v) is 4.93. The number of fused-ring (bicyclic) bond motifs is 1. The zero-order valence-electron chi connectivity index (χ0n) is 11.1. The summed E-state index contributed by atoms with van der Waals surface area (Å²) in [6.45, 7) is 0.552. The minimum atomic E-state index is -0.247. The van der Waals surface area contributed by atoms with Crippen LogP contribution in [0.3, 0.4) is 0 Å². The first kappa shape index (κ1) is 13.7. The second-order valence-electron chi connectivity index (χ2n) is 4.54. The summed E-state index contributed by atoms with van der Waals surface area (Å²) in [5, 5.41) is 4.39. The Morgan fingerprint density at radius 3 is 2.90 bits per heavy atom. The van der Waals surface area contributed by atoms with Crippen LogP contribution in [0.15, 0.2) is 42.9 Å². The van der Waals surface area contributed by atoms with Crippen LogP contribution in [0, 0.1) is 5.82 Å². The molecule has 21 heavy (non-hydrogen) atoms. The number of aromatic nitrogens is 3. The smallest absolute Gasteiger partial charge is 0.134 e. The maximum atomic E-state index is 14.0. The highest BCUT2D eigenvalue weighted by atomic mass is 35.5. The standard InChI is InChI=1S/C15H12ClFN4/c16-14-8-15(21-9-20-14)19-5-3-10-6-11-2-1-4-18-13(11)7-12(10)17/h1-2,4,6-9H,3,5H2,(H,19,20,21). The number of nitrogens with zero attached hydrogens (tertiary/aromatic N) is 3. The fourth-order valence-electron chi connectivity index (χ4n) is 2.09. The van der Waals surface area contributed by atoms with Gasteiger partial charge in [-0.3, -0.25) is 4.98 Å². The van der Waals surface area contributed by atoms with Gasteiger partial charge in [0.05, 0.1) is 5.52 Å². The van der Waals surface area contributed by atoms with Crippen molar-refractivity contribution in [3.05, 3.63) is 59.4 Å². The summed E-state index contributed by atoms with van der Waals surface area (Å²) < 4.78 is 14.0. The third kappa shape index (κ3) is 3.25. The van der Waals surface area contributed by atoms with E-state index < -0.39 is 0 Å². The molecule has 0 atom stereocenters. The van der Waals surface area contributed by atoms with E-state index in [1.807, 2.05) is 18.2 Å². The Balaban J connectivity index is 1.71. The molecule has 0 bridgehead atoms. The molecule has 2 aromatic heterocycles. The molecule has 0 unspecified atom stereocenters. The molecule has 0 saturated carbocycles. The summed E-state index contributed by atoms with van der Waals surface area (Å²) in [4.78, 5) is 12.0. The zero-order valence-corrected chi connectivity index (χ0v) is 11.8. The number of anilines is 1. The molecule has 6 heteroatoms. The van der Waals surface area contributed by atoms with Crippen LogP contribution in [0.1, 0.15) is 5.56 Å². The highest BCUT2D eigenvalue weighted by Crippen LogP contribution is 2.18. The van der Waals surface area contributed by atoms with Crippen molar-refractivity contribution in [1.29, 1.82) is 0 Å². The van der Waals surface area contributed by atoms with Crippen molar-refractivity contribution in [1.82, 2.24) is 15.0 Å². The predicted molar refractivity (Wildman–Crippen MR) is 80.9 cm³/mol. The van der Waals surface area contributed by atoms with Gasteiger partial charge in [0, 0.05) is 30.3 Å². The van der Waals surface area contributed by atoms with Crippen LogP contribution in [0.2, 0.25) is 5.15 Å². The highest BCUT2D eigenvalue weighted by molar-refractivity contribution is 6.29. The number of hydrogen-bond donors (Lipinski definition) is 1. The van der Waals surface area contributed by atoms with Gasteiger partial charge in [0.1, 0.15) is 23.1 Å². The lowest BCUT2D eigenvalue weighted by Crippen LogP contribution is -2.07. The molecule has 0 aliphatic rings. The Labute approximate surface area is 126 Å². The summed E-state index contributed by atoms with van der Waals surface area (Å²) in [5.41, 5.74) is 1.30. The lowest BCUT2D eigenvalue weighted by Gasteiger charge is -2.07. The summed E-state index contributed by atoms with van der Waals surface area (Å²) in [6, 6.07) is 8.68. The van der Waals surface area contributed by atoms with Crippen molar-refractivity contribution in [2.45, 2.75) is 6.42 Å². The largest absolute Gasteiger partial charge is 0.370 e. The van der Waals surface area contributed by atoms with Crippen LogP contribution < -0.4 is 5.32 Å². The van der Waals surface area contributed by atoms with Crippen LogP contribution in [-0.2, 0) is 6.42 Å². The molecule has 0 amide bonds. The zero-order chi connectivity index (χ0) is 14.7. The fraction of sp³-hybridized carbons (Fsp3) is 0.133. The van der Waals surface area contributed by atoms with Crippen molar-refractivity contribution in [2.75, 3.05) is 11.9 Å². The highest BCUT2D eigenvalue weighted by Gasteiger charge is 2.05. The summed E-state index contributed by atoms with van der Waals surface area (Å²) >= 11 is 5.77. The minimum Gasteiger partial charge on any atom is -0.370 e. The van der Waals surface area contributed by atoms with E-state index in [9.17, 15) is 4.39 Å². The van der Waals surface area contributed by atoms with Crippen LogP contribution in [0.4, 0.5) is 10.2 Å². The normalized spacial score (nSPS) is 10.8. The molecular weight excluding hydrogens is 291 g/mol. The number of halogens is 2. The quantitative estimate of drug-likeness (QED) is 0.750. The molecule has 3 rings (SSSR count). The summed E-state index contributed by atoms with van der Waals surface area (Å²) in [5.74, 6) is 0.376. The summed E-state index contributed by atoms with van der Waals surface area (Å²) in [6.07, 6.45) is 3.58. The lowest BCUT2D eigenvalue weighted by atomic mass is 10.1. The van der Waals surface area contributed by atoms with E-state index in [-0.39, 0.29) is 5.82 Å². The SMILES string of the molecule is Fc1cc2ncccc2cc1CCNc1cc(Cl)ncn1. The predicted octanol–water partition coefficient (Wildman–Crippen LogP) is 3.47. The van der Waals surface area contributed by atoms with E-state index in [4.69, 9.17) is 11.6 Å². The molecule has 106 valence electrons. The molecular formula is C15H12ClFN4. The van der Waals surface area contributed by atoms with E-state index in [1.165, 1.54) is 12.4 Å². The second kappa shape index (κ2) is 6.01. The van der Waals surface area contributed by atoms with Crippen molar-refractivity contribution >= 4 is 28.3 Å². The maximum Gasteiger partial charge on any atom is 0.134 e. The molecule has 1 N–H and O–H groups in total. The Hall–Kier alpha value is -2.27. The monoisotopic (exact) mass is 302 g/mol. The summed E-state index contributed by atoms with van der Waals surface area (Å²) in [7, 11) is 0. The third-order valence-electron chi connectivity index (χ3n) is 3.11. The molecule has 0 aliphatic heterocycles. The maximum absolute atomic E-state index is 14.0. The van der Waals surface area contributed by atoms with Gasteiger partial charge in [0.15, 0.2) is 0 Å². The molecule has 4 nitrogen and oxygen atoms in total. The van der Waals surface area contributed by atoms with E-state index in [1.54, 1.807) is 12.3 Å². The Kier molecular flexibility index (Phi) is 3.92. The van der Waals surface area contributed by atoms with Gasteiger partial charge in [0.25, 0.3) is 0 Å². The third-order valence-corrected chi connectivity index (χ3v) is 3.31. The lowest BCUT2D eigenvalue weighted by molar-refractivity contribution is 0.612. The Bertz CT molecular complexity index is 778. The van der Waals surface area contributed by atoms with Gasteiger partial charge in [-0.1, -0.05) is 17.7 Å². The number of hydrogen-bond acceptors (Lipinski definition) is 4. The van der Waals surface area contributed by atoms with Gasteiger partial charge < -0.3 is 5.32 Å². The van der Waals surface area contributed by atoms with Crippen molar-refractivity contribution in [3.8, 4) is 0 Å². The van der Waals surface area contributed by atoms with Gasteiger partial charge >= 0.3 is 0 Å². The Morgan fingerprint density at radius 1 is 1.14 bits per heavy atom. The number of nitrogens with one attached hydrogen (secondary N) is 1. The number of pyridine rings is 1. The fourth-order valence-corrected chi connectivity index (χ4v) is 2.24. The average molecular weight is 303 g/mol. The van der Waals surface area contributed by atoms with Crippen LogP contribution in [0.25, 0.3) is 10.9 Å². The van der Waals surface area contributed by atoms with Crippen LogP contribution in [-0.4, -0.2) is 21.5 Å². The van der Waals surface area contributed by atoms with Crippen molar-refractivity contribution in [3.63, 3.8) is 0 Å². The van der Waals surface area contributed by atoms with Crippen molar-refractivity contribution in [2.24, 2.45) is 0 Å². The van der Waals surface area contributed by atoms with Crippen LogP contribution >= 0.6 is 11.6 Å². The van der Waals surface area contributed by atoms with E-state index >= 15 is 0 Å². The van der Waals surface area contributed by atoms with Gasteiger partial charge in [-0.15, -0.1) is 0 Å². The Morgan fingerprint density at radius 2 is 2.05 bits per heavy atom.